The van der Waals surface area contributed by atoms with Crippen LogP contribution in [0.15, 0.2) is 42.7 Å². The molecule has 4 nitrogen and oxygen atoms in total. The molecule has 0 bridgehead atoms. The second-order valence-corrected chi connectivity index (χ2v) is 3.75. The number of benzene rings is 1. The predicted molar refractivity (Wildman–Crippen MR) is 62.5 cm³/mol. The van der Waals surface area contributed by atoms with Crippen molar-refractivity contribution in [1.29, 1.82) is 0 Å². The molecule has 88 valence electrons. The Hall–Kier alpha value is -2.07. The first-order valence-corrected chi connectivity index (χ1v) is 5.33. The summed E-state index contributed by atoms with van der Waals surface area (Å²) in [4.78, 5) is 0. The molecule has 0 atom stereocenters. The summed E-state index contributed by atoms with van der Waals surface area (Å²) in [6, 6.07) is 8.49. The van der Waals surface area contributed by atoms with Crippen LogP contribution < -0.4 is 4.57 Å². The largest absolute Gasteiger partial charge is 0.504 e. The lowest BCUT2D eigenvalue weighted by Crippen LogP contribution is -2.34. The zero-order chi connectivity index (χ0) is 12.3. The molecule has 0 fully saturated rings. The Morgan fingerprint density at radius 3 is 2.18 bits per heavy atom. The Morgan fingerprint density at radius 1 is 0.882 bits per heavy atom. The predicted octanol–water partition coefficient (Wildman–Crippen LogP) is 1.04. The van der Waals surface area contributed by atoms with Crippen LogP contribution in [0.1, 0.15) is 0 Å². The van der Waals surface area contributed by atoms with Crippen LogP contribution in [-0.4, -0.2) is 21.9 Å². The number of hydrogen-bond acceptors (Lipinski definition) is 3. The van der Waals surface area contributed by atoms with Gasteiger partial charge in [0.25, 0.3) is 0 Å². The van der Waals surface area contributed by atoms with E-state index in [2.05, 4.69) is 0 Å². The number of aromatic nitrogens is 1. The molecule has 2 aromatic rings. The van der Waals surface area contributed by atoms with Crippen LogP contribution >= 0.6 is 0 Å². The van der Waals surface area contributed by atoms with Crippen LogP contribution in [0.4, 0.5) is 0 Å². The van der Waals surface area contributed by atoms with E-state index >= 15 is 0 Å². The number of hydrogen-bond donors (Lipinski definition) is 3. The molecule has 1 aromatic heterocycles. The third kappa shape index (κ3) is 2.54. The Kier molecular flexibility index (Phi) is 3.25. The lowest BCUT2D eigenvalue weighted by molar-refractivity contribution is -0.698. The first-order chi connectivity index (χ1) is 8.20. The van der Waals surface area contributed by atoms with E-state index in [9.17, 15) is 10.2 Å². The molecule has 1 heterocycles. The highest BCUT2D eigenvalue weighted by atomic mass is 16.3. The van der Waals surface area contributed by atoms with Gasteiger partial charge < -0.3 is 15.3 Å². The number of phenolic OH excluding ortho intramolecular Hbond substituents is 2. The van der Waals surface area contributed by atoms with Gasteiger partial charge >= 0.3 is 0 Å². The van der Waals surface area contributed by atoms with Crippen LogP contribution in [0.3, 0.4) is 0 Å². The van der Waals surface area contributed by atoms with Crippen LogP contribution in [0, 0.1) is 0 Å². The van der Waals surface area contributed by atoms with Crippen LogP contribution in [0.2, 0.25) is 0 Å². The van der Waals surface area contributed by atoms with Gasteiger partial charge in [0.05, 0.1) is 0 Å². The van der Waals surface area contributed by atoms with Crippen molar-refractivity contribution in [2.45, 2.75) is 6.54 Å². The summed E-state index contributed by atoms with van der Waals surface area (Å²) in [6.45, 7) is 0.658. The van der Waals surface area contributed by atoms with Crippen molar-refractivity contribution in [3.8, 4) is 22.6 Å². The molecule has 0 amide bonds. The van der Waals surface area contributed by atoms with Gasteiger partial charge in [-0.25, -0.2) is 4.57 Å². The number of aliphatic hydroxyl groups excluding tert-OH is 1. The number of aliphatic hydroxyl groups is 1. The average molecular weight is 232 g/mol. The fraction of sp³-hybridized carbons (Fsp3) is 0.154. The molecule has 0 aliphatic rings. The minimum atomic E-state index is -0.130. The van der Waals surface area contributed by atoms with Gasteiger partial charge in [0.2, 0.25) is 0 Å². The van der Waals surface area contributed by atoms with Crippen LogP contribution in [-0.2, 0) is 6.54 Å². The number of aromatic hydroxyl groups is 2. The average Bonchev–Trinajstić information content (AvgIpc) is 2.34. The highest BCUT2D eigenvalue weighted by Gasteiger charge is 2.05. The molecule has 0 aliphatic carbocycles. The summed E-state index contributed by atoms with van der Waals surface area (Å²) < 4.78 is 1.86. The van der Waals surface area contributed by atoms with Gasteiger partial charge in [-0.05, 0) is 23.3 Å². The molecule has 0 saturated heterocycles. The summed E-state index contributed by atoms with van der Waals surface area (Å²) >= 11 is 0. The molecular formula is C13H14NO3+. The number of rotatable bonds is 3. The van der Waals surface area contributed by atoms with Crippen molar-refractivity contribution in [2.24, 2.45) is 0 Å². The lowest BCUT2D eigenvalue weighted by Gasteiger charge is -2.03. The van der Waals surface area contributed by atoms with E-state index in [1.54, 1.807) is 6.07 Å². The monoisotopic (exact) mass is 232 g/mol. The molecule has 2 rings (SSSR count). The van der Waals surface area contributed by atoms with Crippen molar-refractivity contribution < 1.29 is 19.9 Å². The smallest absolute Gasteiger partial charge is 0.171 e. The van der Waals surface area contributed by atoms with E-state index in [0.717, 1.165) is 11.1 Å². The van der Waals surface area contributed by atoms with Crippen molar-refractivity contribution in [3.63, 3.8) is 0 Å². The zero-order valence-electron chi connectivity index (χ0n) is 9.24. The lowest BCUT2D eigenvalue weighted by atomic mass is 10.1. The van der Waals surface area contributed by atoms with Gasteiger partial charge in [-0.15, -0.1) is 0 Å². The summed E-state index contributed by atoms with van der Waals surface area (Å²) in [6.07, 6.45) is 3.71. The van der Waals surface area contributed by atoms with E-state index in [1.165, 1.54) is 12.1 Å². The SMILES string of the molecule is OCC[n+]1ccc(-c2ccc(O)c(O)c2)cc1. The third-order valence-corrected chi connectivity index (χ3v) is 2.56. The van der Waals surface area contributed by atoms with Gasteiger partial charge in [-0.2, -0.15) is 0 Å². The molecule has 3 N–H and O–H groups in total. The fourth-order valence-corrected chi connectivity index (χ4v) is 1.62. The summed E-state index contributed by atoms with van der Waals surface area (Å²) in [7, 11) is 0. The summed E-state index contributed by atoms with van der Waals surface area (Å²) in [5.41, 5.74) is 1.77. The van der Waals surface area contributed by atoms with Crippen LogP contribution in [0.25, 0.3) is 11.1 Å². The van der Waals surface area contributed by atoms with Crippen LogP contribution in [0.5, 0.6) is 11.5 Å². The molecule has 17 heavy (non-hydrogen) atoms. The second kappa shape index (κ2) is 4.84. The van der Waals surface area contributed by atoms with E-state index in [0.29, 0.717) is 6.54 Å². The van der Waals surface area contributed by atoms with Gasteiger partial charge in [-0.3, -0.25) is 0 Å². The Morgan fingerprint density at radius 2 is 1.59 bits per heavy atom. The maximum atomic E-state index is 9.41. The Labute approximate surface area is 99.0 Å². The van der Waals surface area contributed by atoms with E-state index in [-0.39, 0.29) is 18.1 Å². The molecule has 0 unspecified atom stereocenters. The molecule has 0 saturated carbocycles. The fourth-order valence-electron chi connectivity index (χ4n) is 1.62. The third-order valence-electron chi connectivity index (χ3n) is 2.56. The zero-order valence-corrected chi connectivity index (χ0v) is 9.24. The first kappa shape index (κ1) is 11.4. The molecule has 0 radical (unpaired) electrons. The van der Waals surface area contributed by atoms with Crippen molar-refractivity contribution in [1.82, 2.24) is 0 Å². The van der Waals surface area contributed by atoms with Gasteiger partial charge in [0, 0.05) is 12.1 Å². The molecule has 4 heteroatoms. The minimum absolute atomic E-state index is 0.101. The van der Waals surface area contributed by atoms with E-state index < -0.39 is 0 Å². The molecule has 0 spiro atoms. The topological polar surface area (TPSA) is 64.6 Å². The molecule has 1 aromatic carbocycles. The minimum Gasteiger partial charge on any atom is -0.504 e. The van der Waals surface area contributed by atoms with Gasteiger partial charge in [0.1, 0.15) is 6.61 Å². The summed E-state index contributed by atoms with van der Waals surface area (Å²) in [5.74, 6) is -0.255. The molecule has 0 aliphatic heterocycles. The van der Waals surface area contributed by atoms with Gasteiger partial charge in [-0.1, -0.05) is 6.07 Å². The first-order valence-electron chi connectivity index (χ1n) is 5.33. The van der Waals surface area contributed by atoms with E-state index in [1.807, 2.05) is 29.1 Å². The van der Waals surface area contributed by atoms with E-state index in [4.69, 9.17) is 5.11 Å². The summed E-state index contributed by atoms with van der Waals surface area (Å²) in [5, 5.41) is 27.4. The maximum Gasteiger partial charge on any atom is 0.171 e. The normalized spacial score (nSPS) is 10.4. The standard InChI is InChI=1S/C13H13NO3/c15-8-7-14-5-3-10(4-6-14)11-1-2-12(16)13(17)9-11/h1-6,9,15,17H,7-8H2/p+1. The number of nitrogens with zero attached hydrogens (tertiary/aromatic N) is 1. The second-order valence-electron chi connectivity index (χ2n) is 3.75. The number of pyridine rings is 1. The maximum absolute atomic E-state index is 9.41. The quantitative estimate of drug-likeness (QED) is 0.547. The van der Waals surface area contributed by atoms with Crippen molar-refractivity contribution >= 4 is 0 Å². The highest BCUT2D eigenvalue weighted by Crippen LogP contribution is 2.29. The van der Waals surface area contributed by atoms with Crippen molar-refractivity contribution in [2.75, 3.05) is 6.61 Å². The molecular weight excluding hydrogens is 218 g/mol. The Bertz CT molecular complexity index is 509. The highest BCUT2D eigenvalue weighted by molar-refractivity contribution is 5.65. The number of phenols is 2. The van der Waals surface area contributed by atoms with Crippen molar-refractivity contribution in [3.05, 3.63) is 42.7 Å². The Balaban J connectivity index is 2.30. The van der Waals surface area contributed by atoms with Gasteiger partial charge in [0.15, 0.2) is 30.4 Å².